The van der Waals surface area contributed by atoms with Crippen molar-refractivity contribution in [3.8, 4) is 0 Å². The van der Waals surface area contributed by atoms with Crippen molar-refractivity contribution in [2.45, 2.75) is 71.5 Å². The lowest BCUT2D eigenvalue weighted by Gasteiger charge is -2.35. The predicted octanol–water partition coefficient (Wildman–Crippen LogP) is 5.36. The van der Waals surface area contributed by atoms with Crippen LogP contribution in [0.5, 0.6) is 0 Å². The van der Waals surface area contributed by atoms with Crippen LogP contribution in [0.3, 0.4) is 0 Å². The van der Waals surface area contributed by atoms with Gasteiger partial charge in [0.25, 0.3) is 0 Å². The Bertz CT molecular complexity index is 148. The molecular weight excluding hydrogens is 253 g/mol. The first-order valence-corrected chi connectivity index (χ1v) is 11.8. The zero-order chi connectivity index (χ0) is 13.8. The zero-order valence-corrected chi connectivity index (χ0v) is 15.3. The summed E-state index contributed by atoms with van der Waals surface area (Å²) in [7, 11) is 3.07. The standard InChI is InChI=1S/C15H35BP2/c1-5-11-17(12-6-2)15(9-10-16)18(13-7-3)14-8-4/h15H,5-14,16H2,1-4H3. The number of hydrogen-bond acceptors (Lipinski definition) is 0. The molecule has 0 aromatic heterocycles. The molecule has 0 aliphatic heterocycles. The van der Waals surface area contributed by atoms with Gasteiger partial charge in [0, 0.05) is 0 Å². The number of rotatable bonds is 12. The molecule has 0 nitrogen and oxygen atoms in total. The van der Waals surface area contributed by atoms with E-state index in [1.165, 1.54) is 38.4 Å². The van der Waals surface area contributed by atoms with E-state index < -0.39 is 0 Å². The second-order valence-corrected chi connectivity index (χ2v) is 11.1. The predicted molar refractivity (Wildman–Crippen MR) is 96.2 cm³/mol. The largest absolute Gasteiger partial charge is 0.101 e. The van der Waals surface area contributed by atoms with Gasteiger partial charge < -0.3 is 0 Å². The quantitative estimate of drug-likeness (QED) is 0.335. The Balaban J connectivity index is 4.69. The molecule has 0 aliphatic rings. The van der Waals surface area contributed by atoms with Crippen molar-refractivity contribution >= 4 is 23.7 Å². The normalized spacial score (nSPS) is 11.9. The maximum atomic E-state index is 2.39. The van der Waals surface area contributed by atoms with Crippen molar-refractivity contribution in [3.05, 3.63) is 0 Å². The lowest BCUT2D eigenvalue weighted by molar-refractivity contribution is 0.957. The monoisotopic (exact) mass is 288 g/mol. The van der Waals surface area contributed by atoms with Gasteiger partial charge in [-0.05, 0) is 36.5 Å². The third kappa shape index (κ3) is 7.50. The molecule has 0 N–H and O–H groups in total. The second-order valence-electron chi connectivity index (χ2n) is 5.34. The molecule has 0 unspecified atom stereocenters. The summed E-state index contributed by atoms with van der Waals surface area (Å²) in [4.78, 5) is 0. The molecule has 108 valence electrons. The van der Waals surface area contributed by atoms with E-state index in [1.54, 1.807) is 24.6 Å². The Morgan fingerprint density at radius 2 is 1.06 bits per heavy atom. The van der Waals surface area contributed by atoms with Crippen LogP contribution in [0.25, 0.3) is 0 Å². The van der Waals surface area contributed by atoms with E-state index >= 15 is 0 Å². The van der Waals surface area contributed by atoms with Crippen LogP contribution in [-0.4, -0.2) is 37.9 Å². The van der Waals surface area contributed by atoms with Crippen LogP contribution in [0.2, 0.25) is 6.32 Å². The van der Waals surface area contributed by atoms with Gasteiger partial charge >= 0.3 is 0 Å². The molecule has 0 radical (unpaired) electrons. The van der Waals surface area contributed by atoms with Crippen molar-refractivity contribution in [2.75, 3.05) is 24.6 Å². The molecule has 18 heavy (non-hydrogen) atoms. The zero-order valence-electron chi connectivity index (χ0n) is 13.5. The average Bonchev–Trinajstić information content (AvgIpc) is 2.36. The summed E-state index contributed by atoms with van der Waals surface area (Å²) in [5.74, 6) is 0. The molecule has 0 amide bonds. The third-order valence-electron chi connectivity index (χ3n) is 3.43. The van der Waals surface area contributed by atoms with Gasteiger partial charge in [0.05, 0.1) is 0 Å². The van der Waals surface area contributed by atoms with Gasteiger partial charge in [-0.1, -0.05) is 75.5 Å². The lowest BCUT2D eigenvalue weighted by Crippen LogP contribution is -2.12. The first kappa shape index (κ1) is 18.9. The van der Waals surface area contributed by atoms with Crippen molar-refractivity contribution < 1.29 is 0 Å². The minimum atomic E-state index is 0.336. The molecule has 0 saturated carbocycles. The Hall–Kier alpha value is 0.925. The van der Waals surface area contributed by atoms with Gasteiger partial charge in [0.1, 0.15) is 7.85 Å². The summed E-state index contributed by atoms with van der Waals surface area (Å²) >= 11 is 0. The van der Waals surface area contributed by atoms with E-state index in [9.17, 15) is 0 Å². The first-order valence-electron chi connectivity index (χ1n) is 8.23. The van der Waals surface area contributed by atoms with Crippen molar-refractivity contribution in [1.29, 1.82) is 0 Å². The minimum absolute atomic E-state index is 0.336. The Kier molecular flexibility index (Phi) is 13.6. The van der Waals surface area contributed by atoms with Crippen LogP contribution >= 0.6 is 15.8 Å². The Morgan fingerprint density at radius 3 is 1.28 bits per heavy atom. The van der Waals surface area contributed by atoms with E-state index in [0.717, 1.165) is 5.40 Å². The van der Waals surface area contributed by atoms with E-state index in [-0.39, 0.29) is 0 Å². The average molecular weight is 288 g/mol. The van der Waals surface area contributed by atoms with Gasteiger partial charge in [0.15, 0.2) is 0 Å². The number of hydrogen-bond donors (Lipinski definition) is 0. The summed E-state index contributed by atoms with van der Waals surface area (Å²) in [5, 5.41) is 1.14. The van der Waals surface area contributed by atoms with Gasteiger partial charge in [-0.2, -0.15) is 0 Å². The Labute approximate surface area is 120 Å². The van der Waals surface area contributed by atoms with Gasteiger partial charge in [0.2, 0.25) is 0 Å². The minimum Gasteiger partial charge on any atom is -0.0992 e. The van der Waals surface area contributed by atoms with Crippen LogP contribution in [0.4, 0.5) is 0 Å². The molecule has 0 atom stereocenters. The fraction of sp³-hybridized carbons (Fsp3) is 1.00. The van der Waals surface area contributed by atoms with E-state index in [2.05, 4.69) is 35.5 Å². The highest BCUT2D eigenvalue weighted by molar-refractivity contribution is 7.75. The molecule has 0 fully saturated rings. The van der Waals surface area contributed by atoms with E-state index in [0.29, 0.717) is 15.8 Å². The summed E-state index contributed by atoms with van der Waals surface area (Å²) in [6.07, 6.45) is 14.7. The first-order chi connectivity index (χ1) is 8.74. The fourth-order valence-corrected chi connectivity index (χ4v) is 11.2. The highest BCUT2D eigenvalue weighted by Crippen LogP contribution is 2.61. The summed E-state index contributed by atoms with van der Waals surface area (Å²) < 4.78 is 0. The summed E-state index contributed by atoms with van der Waals surface area (Å²) in [6, 6.07) is 0. The van der Waals surface area contributed by atoms with Gasteiger partial charge in [-0.25, -0.2) is 0 Å². The van der Waals surface area contributed by atoms with Crippen molar-refractivity contribution in [3.63, 3.8) is 0 Å². The maximum absolute atomic E-state index is 2.39. The molecule has 3 heteroatoms. The van der Waals surface area contributed by atoms with Crippen LogP contribution in [0.1, 0.15) is 59.8 Å². The highest BCUT2D eigenvalue weighted by atomic mass is 31.2. The van der Waals surface area contributed by atoms with Crippen molar-refractivity contribution in [2.24, 2.45) is 0 Å². The van der Waals surface area contributed by atoms with Gasteiger partial charge in [-0.15, -0.1) is 0 Å². The van der Waals surface area contributed by atoms with Crippen LogP contribution in [0.15, 0.2) is 0 Å². The van der Waals surface area contributed by atoms with Crippen LogP contribution in [-0.2, 0) is 0 Å². The topological polar surface area (TPSA) is 0 Å². The smallest absolute Gasteiger partial charge is 0.0992 e. The molecule has 0 heterocycles. The molecule has 0 aliphatic carbocycles. The molecule has 0 saturated heterocycles. The molecular formula is C15H35BP2. The van der Waals surface area contributed by atoms with E-state index in [4.69, 9.17) is 0 Å². The van der Waals surface area contributed by atoms with Crippen LogP contribution in [0, 0.1) is 0 Å². The second kappa shape index (κ2) is 12.9. The van der Waals surface area contributed by atoms with Gasteiger partial charge in [-0.3, -0.25) is 0 Å². The van der Waals surface area contributed by atoms with Crippen molar-refractivity contribution in [1.82, 2.24) is 0 Å². The fourth-order valence-electron chi connectivity index (χ4n) is 2.82. The molecule has 0 spiro atoms. The van der Waals surface area contributed by atoms with Crippen LogP contribution < -0.4 is 0 Å². The van der Waals surface area contributed by atoms with E-state index in [1.807, 2.05) is 0 Å². The third-order valence-corrected chi connectivity index (χ3v) is 11.7. The molecule has 0 aromatic carbocycles. The molecule has 0 rings (SSSR count). The Morgan fingerprint density at radius 1 is 0.722 bits per heavy atom. The summed E-state index contributed by atoms with van der Waals surface area (Å²) in [6.45, 7) is 9.54. The highest BCUT2D eigenvalue weighted by Gasteiger charge is 2.25. The molecule has 0 bridgehead atoms. The summed E-state index contributed by atoms with van der Waals surface area (Å²) in [5.41, 5.74) is 0. The molecule has 0 aromatic rings. The maximum Gasteiger partial charge on any atom is 0.101 e. The SMILES string of the molecule is BCCC(P(CCC)CCC)P(CCC)CCC. The lowest BCUT2D eigenvalue weighted by atomic mass is 10.0.